The van der Waals surface area contributed by atoms with Gasteiger partial charge in [-0.1, -0.05) is 0 Å². The third-order valence-corrected chi connectivity index (χ3v) is 2.40. The monoisotopic (exact) mass is 414 g/mol. The first kappa shape index (κ1) is 26.4. The van der Waals surface area contributed by atoms with E-state index >= 15 is 0 Å². The van der Waals surface area contributed by atoms with Crippen molar-refractivity contribution in [2.24, 2.45) is 0 Å². The van der Waals surface area contributed by atoms with Gasteiger partial charge in [0.15, 0.2) is 0 Å². The van der Waals surface area contributed by atoms with Crippen molar-refractivity contribution in [1.29, 1.82) is 0 Å². The van der Waals surface area contributed by atoms with E-state index in [1.807, 2.05) is 0 Å². The van der Waals surface area contributed by atoms with Gasteiger partial charge >= 0.3 is 54.1 Å². The second-order valence-electron chi connectivity index (χ2n) is 1.06. The third-order valence-electron chi connectivity index (χ3n) is 0.267. The fourth-order valence-corrected chi connectivity index (χ4v) is 0.980. The SMILES string of the molecule is CO.O=[P+]([O-])O[P+](=O)[O-].O=[P+]([O-])O[P+](=O)[O-].[Mo+4]. The molecule has 0 amide bonds. The van der Waals surface area contributed by atoms with Crippen LogP contribution in [0.5, 0.6) is 0 Å². The van der Waals surface area contributed by atoms with E-state index in [0.29, 0.717) is 0 Å². The minimum absolute atomic E-state index is 0. The van der Waals surface area contributed by atoms with Crippen LogP contribution in [0.15, 0.2) is 0 Å². The van der Waals surface area contributed by atoms with E-state index in [2.05, 4.69) is 8.62 Å². The molecule has 0 aliphatic rings. The Kier molecular flexibility index (Phi) is 29.7. The summed E-state index contributed by atoms with van der Waals surface area (Å²) in [6.45, 7) is 0. The van der Waals surface area contributed by atoms with E-state index in [0.717, 1.165) is 7.11 Å². The topological polar surface area (TPSA) is 199 Å². The Balaban J connectivity index is -0.0000000823. The smallest absolute Gasteiger partial charge is 0.563 e. The molecule has 96 valence electrons. The molecule has 0 aliphatic heterocycles. The first-order valence-electron chi connectivity index (χ1n) is 2.64. The molecule has 17 heavy (non-hydrogen) atoms. The summed E-state index contributed by atoms with van der Waals surface area (Å²) >= 11 is 0. The molecule has 0 saturated heterocycles. The van der Waals surface area contributed by atoms with Crippen molar-refractivity contribution in [3.05, 3.63) is 0 Å². The Bertz CT molecular complexity index is 202. The summed E-state index contributed by atoms with van der Waals surface area (Å²) in [6, 6.07) is 0. The molecular formula is CH4MoO11P4+4. The Morgan fingerprint density at radius 1 is 0.706 bits per heavy atom. The standard InChI is InChI=1S/CH4O.Mo.2O5P2/c1-2;;2*1-6(2)5-7(3)4/h2H,1H3;;;/q;+4;;. The van der Waals surface area contributed by atoms with Crippen molar-refractivity contribution >= 4 is 33.0 Å². The van der Waals surface area contributed by atoms with Crippen molar-refractivity contribution in [1.82, 2.24) is 0 Å². The van der Waals surface area contributed by atoms with Crippen LogP contribution in [-0.2, 0) is 47.9 Å². The van der Waals surface area contributed by atoms with Gasteiger partial charge in [0.1, 0.15) is 8.62 Å². The van der Waals surface area contributed by atoms with E-state index in [1.54, 1.807) is 0 Å². The van der Waals surface area contributed by atoms with E-state index in [9.17, 15) is 37.8 Å². The van der Waals surface area contributed by atoms with E-state index in [-0.39, 0.29) is 21.1 Å². The summed E-state index contributed by atoms with van der Waals surface area (Å²) in [4.78, 5) is 37.0. The first-order valence-corrected chi connectivity index (χ1v) is 7.02. The predicted molar refractivity (Wildman–Crippen MR) is 40.7 cm³/mol. The fraction of sp³-hybridized carbons (Fsp3) is 1.00. The molecule has 0 heterocycles. The summed E-state index contributed by atoms with van der Waals surface area (Å²) < 4.78 is 43.3. The molecule has 0 radical (unpaired) electrons. The van der Waals surface area contributed by atoms with Gasteiger partial charge in [0, 0.05) is 7.11 Å². The van der Waals surface area contributed by atoms with Gasteiger partial charge in [0.2, 0.25) is 0 Å². The largest absolute Gasteiger partial charge is 4.00 e. The first-order chi connectivity index (χ1) is 7.25. The summed E-state index contributed by atoms with van der Waals surface area (Å²) in [6.07, 6.45) is 0. The Hall–Kier alpha value is 0.808. The van der Waals surface area contributed by atoms with Crippen molar-refractivity contribution < 1.29 is 72.6 Å². The number of hydrogen-bond donors (Lipinski definition) is 1. The van der Waals surface area contributed by atoms with Gasteiger partial charge in [-0.15, -0.1) is 0 Å². The van der Waals surface area contributed by atoms with Crippen LogP contribution < -0.4 is 19.6 Å². The number of rotatable bonds is 4. The average molecular weight is 412 g/mol. The van der Waals surface area contributed by atoms with Crippen LogP contribution in [0.1, 0.15) is 0 Å². The van der Waals surface area contributed by atoms with Gasteiger partial charge in [-0.05, 0) is 18.3 Å². The Labute approximate surface area is 113 Å². The zero-order chi connectivity index (χ0) is 13.7. The second-order valence-corrected chi connectivity index (χ2v) is 4.15. The zero-order valence-corrected chi connectivity index (χ0v) is 13.3. The summed E-state index contributed by atoms with van der Waals surface area (Å²) in [7, 11) is -11.9. The Morgan fingerprint density at radius 3 is 0.824 bits per heavy atom. The van der Waals surface area contributed by atoms with Crippen molar-refractivity contribution in [2.45, 2.75) is 0 Å². The van der Waals surface area contributed by atoms with E-state index in [1.165, 1.54) is 0 Å². The maximum absolute atomic E-state index is 9.24. The normalized spacial score (nSPS) is 11.4. The fourth-order valence-electron chi connectivity index (χ4n) is 0.109. The molecule has 0 aromatic rings. The molecule has 0 aliphatic carbocycles. The van der Waals surface area contributed by atoms with Crippen molar-refractivity contribution in [3.63, 3.8) is 0 Å². The molecule has 4 unspecified atom stereocenters. The van der Waals surface area contributed by atoms with Gasteiger partial charge < -0.3 is 24.7 Å². The molecule has 0 fully saturated rings. The quantitative estimate of drug-likeness (QED) is 0.384. The van der Waals surface area contributed by atoms with Crippen LogP contribution in [0.4, 0.5) is 0 Å². The van der Waals surface area contributed by atoms with E-state index in [4.69, 9.17) is 5.11 Å². The Morgan fingerprint density at radius 2 is 0.824 bits per heavy atom. The minimum atomic E-state index is -3.24. The number of aliphatic hydroxyl groups is 1. The number of aliphatic hydroxyl groups excluding tert-OH is 1. The van der Waals surface area contributed by atoms with Crippen molar-refractivity contribution in [2.75, 3.05) is 7.11 Å². The molecule has 0 spiro atoms. The number of hydrogen-bond acceptors (Lipinski definition) is 11. The minimum Gasteiger partial charge on any atom is -0.563 e. The van der Waals surface area contributed by atoms with Crippen LogP contribution in [-0.4, -0.2) is 12.2 Å². The van der Waals surface area contributed by atoms with Gasteiger partial charge in [0.05, 0.1) is 0 Å². The molecule has 4 atom stereocenters. The molecular weight excluding hydrogens is 408 g/mol. The van der Waals surface area contributed by atoms with Crippen LogP contribution in [0.3, 0.4) is 0 Å². The molecule has 0 bridgehead atoms. The average Bonchev–Trinajstić information content (AvgIpc) is 2.03. The maximum Gasteiger partial charge on any atom is 4.00 e. The van der Waals surface area contributed by atoms with Gasteiger partial charge in [-0.3, -0.25) is 0 Å². The third kappa shape index (κ3) is 47.5. The maximum atomic E-state index is 9.24. The second kappa shape index (κ2) is 19.2. The van der Waals surface area contributed by atoms with Crippen LogP contribution in [0.2, 0.25) is 0 Å². The van der Waals surface area contributed by atoms with Gasteiger partial charge in [-0.25, -0.2) is 0 Å². The van der Waals surface area contributed by atoms with Crippen molar-refractivity contribution in [3.8, 4) is 0 Å². The van der Waals surface area contributed by atoms with Gasteiger partial charge in [-0.2, -0.15) is 0 Å². The molecule has 0 aromatic heterocycles. The molecule has 11 nitrogen and oxygen atoms in total. The molecule has 0 saturated carbocycles. The predicted octanol–water partition coefficient (Wildman–Crippen LogP) is -2.32. The molecule has 0 rings (SSSR count). The molecule has 0 aromatic carbocycles. The van der Waals surface area contributed by atoms with Crippen LogP contribution in [0, 0.1) is 0 Å². The van der Waals surface area contributed by atoms with Gasteiger partial charge in [0.25, 0.3) is 0 Å². The molecule has 1 N–H and O–H groups in total. The van der Waals surface area contributed by atoms with Crippen LogP contribution in [0.25, 0.3) is 0 Å². The summed E-state index contributed by atoms with van der Waals surface area (Å²) in [5.74, 6) is 0. The summed E-state index contributed by atoms with van der Waals surface area (Å²) in [5.41, 5.74) is 0. The molecule has 16 heteroatoms. The van der Waals surface area contributed by atoms with Crippen LogP contribution >= 0.6 is 33.0 Å². The summed E-state index contributed by atoms with van der Waals surface area (Å²) in [5, 5.41) is 7.00. The van der Waals surface area contributed by atoms with E-state index < -0.39 is 33.0 Å². The zero-order valence-electron chi connectivity index (χ0n) is 7.73.